The smallest absolute Gasteiger partial charge is 0.243 e. The third-order valence-electron chi connectivity index (χ3n) is 5.30. The quantitative estimate of drug-likeness (QED) is 0.633. The van der Waals surface area contributed by atoms with Gasteiger partial charge in [0.25, 0.3) is 0 Å². The maximum Gasteiger partial charge on any atom is 0.243 e. The molecule has 1 aliphatic heterocycles. The van der Waals surface area contributed by atoms with E-state index in [1.165, 1.54) is 4.31 Å². The van der Waals surface area contributed by atoms with Crippen molar-refractivity contribution < 1.29 is 12.9 Å². The van der Waals surface area contributed by atoms with Gasteiger partial charge in [0, 0.05) is 31.0 Å². The van der Waals surface area contributed by atoms with E-state index >= 15 is 0 Å². The average molecular weight is 413 g/mol. The molecule has 7 nitrogen and oxygen atoms in total. The van der Waals surface area contributed by atoms with Crippen LogP contribution in [-0.2, 0) is 10.0 Å². The summed E-state index contributed by atoms with van der Waals surface area (Å²) in [6, 6.07) is 10.8. The van der Waals surface area contributed by atoms with Crippen molar-refractivity contribution in [2.45, 2.75) is 43.4 Å². The van der Waals surface area contributed by atoms with Gasteiger partial charge in [0.1, 0.15) is 0 Å². The Bertz CT molecular complexity index is 1060. The van der Waals surface area contributed by atoms with Crippen LogP contribution in [0.1, 0.15) is 50.0 Å². The van der Waals surface area contributed by atoms with Gasteiger partial charge in [-0.2, -0.15) is 9.29 Å². The molecule has 0 saturated carbocycles. The van der Waals surface area contributed by atoms with Gasteiger partial charge in [-0.3, -0.25) is 4.98 Å². The van der Waals surface area contributed by atoms with Crippen molar-refractivity contribution in [2.75, 3.05) is 13.1 Å². The number of benzene rings is 1. The van der Waals surface area contributed by atoms with Crippen LogP contribution in [0.3, 0.4) is 0 Å². The number of hydrogen-bond donors (Lipinski definition) is 0. The molecule has 0 radical (unpaired) electrons. The standard InChI is InChI=1S/C21H24N4O3S/c1-15(2)16-5-7-19(8-6-16)29(26,27)25-13-3-4-18(14-25)21-23-20(24-28-21)17-9-11-22-12-10-17/h5-12,15,18H,3-4,13-14H2,1-2H3. The van der Waals surface area contributed by atoms with Crippen molar-refractivity contribution in [3.8, 4) is 11.4 Å². The molecule has 0 bridgehead atoms. The highest BCUT2D eigenvalue weighted by Crippen LogP contribution is 2.31. The van der Waals surface area contributed by atoms with Gasteiger partial charge in [0.2, 0.25) is 21.7 Å². The molecular weight excluding hydrogens is 388 g/mol. The van der Waals surface area contributed by atoms with Gasteiger partial charge in [-0.15, -0.1) is 0 Å². The third kappa shape index (κ3) is 4.09. The number of piperidine rings is 1. The van der Waals surface area contributed by atoms with E-state index in [0.717, 1.165) is 24.0 Å². The van der Waals surface area contributed by atoms with Gasteiger partial charge >= 0.3 is 0 Å². The topological polar surface area (TPSA) is 89.2 Å². The monoisotopic (exact) mass is 412 g/mol. The minimum absolute atomic E-state index is 0.114. The zero-order chi connectivity index (χ0) is 20.4. The predicted octanol–water partition coefficient (Wildman–Crippen LogP) is 3.82. The fourth-order valence-electron chi connectivity index (χ4n) is 3.56. The SMILES string of the molecule is CC(C)c1ccc(S(=O)(=O)N2CCCC(c3nc(-c4ccncc4)no3)C2)cc1. The highest BCUT2D eigenvalue weighted by molar-refractivity contribution is 7.89. The number of sulfonamides is 1. The van der Waals surface area contributed by atoms with E-state index in [9.17, 15) is 8.42 Å². The fraction of sp³-hybridized carbons (Fsp3) is 0.381. The molecule has 1 aliphatic rings. The van der Waals surface area contributed by atoms with E-state index in [4.69, 9.17) is 4.52 Å². The summed E-state index contributed by atoms with van der Waals surface area (Å²) >= 11 is 0. The van der Waals surface area contributed by atoms with E-state index in [1.54, 1.807) is 24.5 Å². The second-order valence-corrected chi connectivity index (χ2v) is 9.56. The van der Waals surface area contributed by atoms with Gasteiger partial charge in [0.05, 0.1) is 10.8 Å². The van der Waals surface area contributed by atoms with Crippen molar-refractivity contribution in [2.24, 2.45) is 0 Å². The summed E-state index contributed by atoms with van der Waals surface area (Å²) in [7, 11) is -3.56. The van der Waals surface area contributed by atoms with E-state index in [0.29, 0.717) is 35.6 Å². The van der Waals surface area contributed by atoms with Crippen molar-refractivity contribution in [3.63, 3.8) is 0 Å². The predicted molar refractivity (Wildman–Crippen MR) is 109 cm³/mol. The fourth-order valence-corrected chi connectivity index (χ4v) is 5.08. The first-order valence-electron chi connectivity index (χ1n) is 9.79. The number of nitrogens with zero attached hydrogens (tertiary/aromatic N) is 4. The largest absolute Gasteiger partial charge is 0.339 e. The molecule has 0 aliphatic carbocycles. The van der Waals surface area contributed by atoms with Crippen LogP contribution in [0.25, 0.3) is 11.4 Å². The summed E-state index contributed by atoms with van der Waals surface area (Å²) in [5, 5.41) is 4.05. The molecule has 8 heteroatoms. The van der Waals surface area contributed by atoms with E-state index in [-0.39, 0.29) is 5.92 Å². The maximum atomic E-state index is 13.1. The third-order valence-corrected chi connectivity index (χ3v) is 7.18. The van der Waals surface area contributed by atoms with Crippen LogP contribution in [0.5, 0.6) is 0 Å². The lowest BCUT2D eigenvalue weighted by atomic mass is 10.00. The molecule has 1 fully saturated rings. The minimum atomic E-state index is -3.56. The first-order valence-corrected chi connectivity index (χ1v) is 11.2. The number of hydrogen-bond acceptors (Lipinski definition) is 6. The van der Waals surface area contributed by atoms with Gasteiger partial charge in [-0.05, 0) is 48.6 Å². The Labute approximate surface area is 170 Å². The van der Waals surface area contributed by atoms with Gasteiger partial charge in [-0.1, -0.05) is 31.1 Å². The molecule has 1 saturated heterocycles. The van der Waals surface area contributed by atoms with Crippen LogP contribution in [0.15, 0.2) is 58.2 Å². The lowest BCUT2D eigenvalue weighted by Gasteiger charge is -2.30. The molecule has 1 atom stereocenters. The first kappa shape index (κ1) is 19.7. The number of pyridine rings is 1. The molecular formula is C21H24N4O3S. The molecule has 29 heavy (non-hydrogen) atoms. The Hall–Kier alpha value is -2.58. The van der Waals surface area contributed by atoms with Crippen molar-refractivity contribution in [3.05, 3.63) is 60.2 Å². The van der Waals surface area contributed by atoms with Gasteiger partial charge in [-0.25, -0.2) is 8.42 Å². The van der Waals surface area contributed by atoms with Crippen LogP contribution >= 0.6 is 0 Å². The lowest BCUT2D eigenvalue weighted by Crippen LogP contribution is -2.39. The minimum Gasteiger partial charge on any atom is -0.339 e. The van der Waals surface area contributed by atoms with Crippen molar-refractivity contribution in [1.82, 2.24) is 19.4 Å². The van der Waals surface area contributed by atoms with E-state index in [2.05, 4.69) is 29.0 Å². The Morgan fingerprint density at radius 1 is 1.10 bits per heavy atom. The summed E-state index contributed by atoms with van der Waals surface area (Å²) in [4.78, 5) is 8.81. The summed E-state index contributed by atoms with van der Waals surface area (Å²) < 4.78 is 33.2. The number of rotatable bonds is 5. The first-order chi connectivity index (χ1) is 13.9. The summed E-state index contributed by atoms with van der Waals surface area (Å²) in [5.41, 5.74) is 1.94. The van der Waals surface area contributed by atoms with Gasteiger partial charge in [0.15, 0.2) is 0 Å². The van der Waals surface area contributed by atoms with E-state index in [1.807, 2.05) is 24.3 Å². The molecule has 0 N–H and O–H groups in total. The van der Waals surface area contributed by atoms with Crippen molar-refractivity contribution >= 4 is 10.0 Å². The molecule has 0 spiro atoms. The summed E-state index contributed by atoms with van der Waals surface area (Å²) in [6.07, 6.45) is 4.91. The molecule has 3 heterocycles. The van der Waals surface area contributed by atoms with Crippen molar-refractivity contribution in [1.29, 1.82) is 0 Å². The second kappa shape index (κ2) is 8.04. The van der Waals surface area contributed by atoms with Gasteiger partial charge < -0.3 is 4.52 Å². The van der Waals surface area contributed by atoms with Crippen LogP contribution in [-0.4, -0.2) is 40.9 Å². The zero-order valence-electron chi connectivity index (χ0n) is 16.5. The molecule has 2 aromatic heterocycles. The molecule has 1 aromatic carbocycles. The molecule has 3 aromatic rings. The highest BCUT2D eigenvalue weighted by Gasteiger charge is 2.33. The Balaban J connectivity index is 1.53. The maximum absolute atomic E-state index is 13.1. The Morgan fingerprint density at radius 3 is 2.52 bits per heavy atom. The van der Waals surface area contributed by atoms with Crippen LogP contribution < -0.4 is 0 Å². The average Bonchev–Trinajstić information content (AvgIpc) is 3.25. The highest BCUT2D eigenvalue weighted by atomic mass is 32.2. The Morgan fingerprint density at radius 2 is 1.83 bits per heavy atom. The normalized spacial score (nSPS) is 18.2. The molecule has 152 valence electrons. The van der Waals surface area contributed by atoms with Crippen LogP contribution in [0.2, 0.25) is 0 Å². The van der Waals surface area contributed by atoms with E-state index < -0.39 is 10.0 Å². The van der Waals surface area contributed by atoms with Crippen LogP contribution in [0.4, 0.5) is 0 Å². The number of aromatic nitrogens is 3. The van der Waals surface area contributed by atoms with Crippen LogP contribution in [0, 0.1) is 0 Å². The summed E-state index contributed by atoms with van der Waals surface area (Å²) in [6.45, 7) is 5.01. The second-order valence-electron chi connectivity index (χ2n) is 7.62. The molecule has 1 unspecified atom stereocenters. The Kier molecular flexibility index (Phi) is 5.47. The molecule has 4 rings (SSSR count). The molecule has 0 amide bonds. The lowest BCUT2D eigenvalue weighted by molar-refractivity contribution is 0.265. The zero-order valence-corrected chi connectivity index (χ0v) is 17.3. The summed E-state index contributed by atoms with van der Waals surface area (Å²) in [5.74, 6) is 1.22.